The predicted octanol–water partition coefficient (Wildman–Crippen LogP) is 3.95. The Labute approximate surface area is 210 Å². The van der Waals surface area contributed by atoms with E-state index in [0.717, 1.165) is 57.5 Å². The van der Waals surface area contributed by atoms with Crippen molar-refractivity contribution in [1.29, 1.82) is 0 Å². The van der Waals surface area contributed by atoms with Crippen LogP contribution in [0.4, 0.5) is 0 Å². The Kier molecular flexibility index (Phi) is 10.9. The first kappa shape index (κ1) is 26.7. The van der Waals surface area contributed by atoms with Crippen molar-refractivity contribution in [3.05, 3.63) is 40.9 Å². The molecule has 2 heterocycles. The SMILES string of the molecule is CC[C@H](C)CN1CC[C@@H](CNC(=O)/C=C/c2ccc(Cl)cc2)N[C@@H](CCN2CCCCC2)C1=O. The Bertz CT molecular complexity index is 807. The zero-order valence-corrected chi connectivity index (χ0v) is 21.5. The molecule has 0 aliphatic carbocycles. The molecule has 0 saturated carbocycles. The van der Waals surface area contributed by atoms with E-state index >= 15 is 0 Å². The molecule has 2 aliphatic heterocycles. The first-order valence-corrected chi connectivity index (χ1v) is 13.3. The molecule has 2 amide bonds. The molecule has 2 fully saturated rings. The van der Waals surface area contributed by atoms with Crippen LogP contribution in [0.5, 0.6) is 0 Å². The molecule has 1 aromatic carbocycles. The van der Waals surface area contributed by atoms with Gasteiger partial charge in [-0.15, -0.1) is 0 Å². The molecule has 3 rings (SSSR count). The van der Waals surface area contributed by atoms with Crippen LogP contribution in [-0.4, -0.2) is 73.0 Å². The summed E-state index contributed by atoms with van der Waals surface area (Å²) in [6.07, 6.45) is 9.87. The largest absolute Gasteiger partial charge is 0.351 e. The molecule has 0 aromatic heterocycles. The molecular weight excluding hydrogens is 448 g/mol. The average Bonchev–Trinajstić information content (AvgIpc) is 3.00. The van der Waals surface area contributed by atoms with Gasteiger partial charge in [0.25, 0.3) is 0 Å². The van der Waals surface area contributed by atoms with Crippen molar-refractivity contribution in [1.82, 2.24) is 20.4 Å². The summed E-state index contributed by atoms with van der Waals surface area (Å²) in [4.78, 5) is 30.3. The molecule has 2 N–H and O–H groups in total. The number of halogens is 1. The van der Waals surface area contributed by atoms with Crippen LogP contribution in [0.2, 0.25) is 5.02 Å². The Morgan fingerprint density at radius 2 is 1.94 bits per heavy atom. The van der Waals surface area contributed by atoms with Crippen LogP contribution in [0.15, 0.2) is 30.3 Å². The maximum absolute atomic E-state index is 13.4. The molecule has 0 unspecified atom stereocenters. The maximum atomic E-state index is 13.4. The van der Waals surface area contributed by atoms with E-state index in [9.17, 15) is 9.59 Å². The molecule has 2 aliphatic rings. The number of amides is 2. The van der Waals surface area contributed by atoms with Crippen LogP contribution in [0, 0.1) is 5.92 Å². The van der Waals surface area contributed by atoms with Gasteiger partial charge in [-0.25, -0.2) is 0 Å². The highest BCUT2D eigenvalue weighted by Crippen LogP contribution is 2.16. The minimum atomic E-state index is -0.194. The number of nitrogens with one attached hydrogen (secondary N) is 2. The Hall–Kier alpha value is -1.89. The van der Waals surface area contributed by atoms with E-state index in [1.54, 1.807) is 24.3 Å². The number of benzene rings is 1. The van der Waals surface area contributed by atoms with Crippen molar-refractivity contribution in [2.75, 3.05) is 39.3 Å². The van der Waals surface area contributed by atoms with Gasteiger partial charge in [0.15, 0.2) is 0 Å². The third kappa shape index (κ3) is 8.71. The highest BCUT2D eigenvalue weighted by molar-refractivity contribution is 6.30. The van der Waals surface area contributed by atoms with E-state index < -0.39 is 0 Å². The minimum Gasteiger partial charge on any atom is -0.351 e. The second kappa shape index (κ2) is 13.9. The highest BCUT2D eigenvalue weighted by atomic mass is 35.5. The molecular formula is C27H41ClN4O2. The Morgan fingerprint density at radius 1 is 1.21 bits per heavy atom. The third-order valence-electron chi connectivity index (χ3n) is 7.03. The summed E-state index contributed by atoms with van der Waals surface area (Å²) in [6, 6.07) is 7.25. The van der Waals surface area contributed by atoms with Crippen molar-refractivity contribution in [3.63, 3.8) is 0 Å². The van der Waals surface area contributed by atoms with Gasteiger partial charge in [-0.2, -0.15) is 0 Å². The second-order valence-electron chi connectivity index (χ2n) is 9.82. The van der Waals surface area contributed by atoms with Crippen LogP contribution in [-0.2, 0) is 9.59 Å². The van der Waals surface area contributed by atoms with E-state index in [1.165, 1.54) is 19.3 Å². The van der Waals surface area contributed by atoms with Crippen LogP contribution in [0.25, 0.3) is 6.08 Å². The molecule has 7 heteroatoms. The number of nitrogens with zero attached hydrogens (tertiary/aromatic N) is 2. The number of rotatable bonds is 10. The summed E-state index contributed by atoms with van der Waals surface area (Å²) in [5, 5.41) is 7.28. The monoisotopic (exact) mass is 488 g/mol. The van der Waals surface area contributed by atoms with Gasteiger partial charge < -0.3 is 20.4 Å². The summed E-state index contributed by atoms with van der Waals surface area (Å²) in [5.41, 5.74) is 0.927. The first-order chi connectivity index (χ1) is 16.4. The number of carbonyl (C=O) groups excluding carboxylic acids is 2. The van der Waals surface area contributed by atoms with Gasteiger partial charge in [0.05, 0.1) is 6.04 Å². The standard InChI is InChI=1S/C27H41ClN4O2/c1-3-21(2)20-32-18-13-24(19-29-26(33)12-9-22-7-10-23(28)11-8-22)30-25(27(32)34)14-17-31-15-5-4-6-16-31/h7-12,21,24-25,30H,3-6,13-20H2,1-2H3,(H,29,33)/b12-9+/t21-,24-,25-/m0/s1. The second-order valence-corrected chi connectivity index (χ2v) is 10.3. The number of hydrogen-bond donors (Lipinski definition) is 2. The average molecular weight is 489 g/mol. The summed E-state index contributed by atoms with van der Waals surface area (Å²) >= 11 is 5.92. The zero-order chi connectivity index (χ0) is 24.3. The molecule has 3 atom stereocenters. The lowest BCUT2D eigenvalue weighted by atomic mass is 10.1. The van der Waals surface area contributed by atoms with Crippen LogP contribution >= 0.6 is 11.6 Å². The van der Waals surface area contributed by atoms with Crippen molar-refractivity contribution in [2.24, 2.45) is 5.92 Å². The summed E-state index contributed by atoms with van der Waals surface area (Å²) < 4.78 is 0. The predicted molar refractivity (Wildman–Crippen MR) is 140 cm³/mol. The van der Waals surface area contributed by atoms with E-state index in [0.29, 0.717) is 17.5 Å². The van der Waals surface area contributed by atoms with E-state index in [-0.39, 0.29) is 23.9 Å². The van der Waals surface area contributed by atoms with Crippen molar-refractivity contribution < 1.29 is 9.59 Å². The highest BCUT2D eigenvalue weighted by Gasteiger charge is 2.31. The van der Waals surface area contributed by atoms with Crippen LogP contribution in [0.1, 0.15) is 57.9 Å². The fourth-order valence-electron chi connectivity index (χ4n) is 4.66. The fourth-order valence-corrected chi connectivity index (χ4v) is 4.78. The normalized spacial score (nSPS) is 23.1. The van der Waals surface area contributed by atoms with E-state index in [1.807, 2.05) is 17.0 Å². The molecule has 0 spiro atoms. The van der Waals surface area contributed by atoms with Crippen molar-refractivity contribution >= 4 is 29.5 Å². The lowest BCUT2D eigenvalue weighted by Crippen LogP contribution is -2.50. The summed E-state index contributed by atoms with van der Waals surface area (Å²) in [6.45, 7) is 9.65. The summed E-state index contributed by atoms with van der Waals surface area (Å²) in [5.74, 6) is 0.573. The van der Waals surface area contributed by atoms with Crippen LogP contribution in [0.3, 0.4) is 0 Å². The molecule has 1 aromatic rings. The minimum absolute atomic E-state index is 0.0742. The Morgan fingerprint density at radius 3 is 2.65 bits per heavy atom. The lowest BCUT2D eigenvalue weighted by Gasteiger charge is -2.30. The van der Waals surface area contributed by atoms with Crippen molar-refractivity contribution in [2.45, 2.75) is 64.5 Å². The molecule has 0 radical (unpaired) electrons. The molecule has 188 valence electrons. The molecule has 6 nitrogen and oxygen atoms in total. The van der Waals surface area contributed by atoms with E-state index in [2.05, 4.69) is 29.4 Å². The maximum Gasteiger partial charge on any atom is 0.244 e. The molecule has 2 saturated heterocycles. The quantitative estimate of drug-likeness (QED) is 0.489. The van der Waals surface area contributed by atoms with Gasteiger partial charge in [-0.05, 0) is 68.5 Å². The number of hydrogen-bond acceptors (Lipinski definition) is 4. The van der Waals surface area contributed by atoms with Gasteiger partial charge in [-0.1, -0.05) is 50.4 Å². The summed E-state index contributed by atoms with van der Waals surface area (Å²) in [7, 11) is 0. The molecule has 34 heavy (non-hydrogen) atoms. The third-order valence-corrected chi connectivity index (χ3v) is 7.28. The van der Waals surface area contributed by atoms with Gasteiger partial charge >= 0.3 is 0 Å². The fraction of sp³-hybridized carbons (Fsp3) is 0.630. The van der Waals surface area contributed by atoms with Gasteiger partial charge in [0.2, 0.25) is 11.8 Å². The van der Waals surface area contributed by atoms with Gasteiger partial charge in [0, 0.05) is 43.3 Å². The first-order valence-electron chi connectivity index (χ1n) is 12.9. The number of carbonyl (C=O) groups is 2. The van der Waals surface area contributed by atoms with Gasteiger partial charge in [0.1, 0.15) is 0 Å². The smallest absolute Gasteiger partial charge is 0.244 e. The number of piperidine rings is 1. The number of likely N-dealkylation sites (tertiary alicyclic amines) is 1. The Balaban J connectivity index is 1.56. The van der Waals surface area contributed by atoms with Crippen molar-refractivity contribution in [3.8, 4) is 0 Å². The zero-order valence-electron chi connectivity index (χ0n) is 20.8. The van der Waals surface area contributed by atoms with Gasteiger partial charge in [-0.3, -0.25) is 9.59 Å². The van der Waals surface area contributed by atoms with E-state index in [4.69, 9.17) is 11.6 Å². The molecule has 0 bridgehead atoms. The van der Waals surface area contributed by atoms with Crippen LogP contribution < -0.4 is 10.6 Å². The lowest BCUT2D eigenvalue weighted by molar-refractivity contribution is -0.133. The topological polar surface area (TPSA) is 64.7 Å².